The van der Waals surface area contributed by atoms with Crippen LogP contribution in [0.1, 0.15) is 0 Å². The van der Waals surface area contributed by atoms with Gasteiger partial charge in [0.1, 0.15) is 0 Å². The van der Waals surface area contributed by atoms with Crippen molar-refractivity contribution in [1.82, 2.24) is 14.9 Å². The number of carbonyl (C=O) groups is 1. The molecule has 2 rings (SSSR count). The Morgan fingerprint density at radius 2 is 1.88 bits per heavy atom. The summed E-state index contributed by atoms with van der Waals surface area (Å²) in [5.74, 6) is 0.732. The third-order valence-electron chi connectivity index (χ3n) is 2.64. The predicted molar refractivity (Wildman–Crippen MR) is 59.9 cm³/mol. The quantitative estimate of drug-likeness (QED) is 0.699. The summed E-state index contributed by atoms with van der Waals surface area (Å²) in [5.41, 5.74) is 5.32. The van der Waals surface area contributed by atoms with Gasteiger partial charge in [0.15, 0.2) is 0 Å². The first-order valence-corrected chi connectivity index (χ1v) is 5.31. The molecular weight excluding hydrogens is 206 g/mol. The smallest absolute Gasteiger partial charge is 0.236 e. The molecule has 0 saturated carbocycles. The molecule has 0 aromatic carbocycles. The number of piperazine rings is 1. The Bertz CT molecular complexity index is 347. The number of carbonyl (C=O) groups excluding carboxylic acids is 1. The van der Waals surface area contributed by atoms with Crippen molar-refractivity contribution in [3.63, 3.8) is 0 Å². The molecule has 1 fully saturated rings. The zero-order chi connectivity index (χ0) is 11.4. The molecule has 0 spiro atoms. The van der Waals surface area contributed by atoms with Gasteiger partial charge in [-0.3, -0.25) is 4.79 Å². The van der Waals surface area contributed by atoms with E-state index in [0.717, 1.165) is 19.0 Å². The maximum Gasteiger partial charge on any atom is 0.236 e. The molecule has 6 nitrogen and oxygen atoms in total. The Kier molecular flexibility index (Phi) is 3.31. The molecule has 1 amide bonds. The SMILES string of the molecule is NCC(=O)N1CCN(c2ncccn2)CC1. The van der Waals surface area contributed by atoms with Crippen molar-refractivity contribution in [2.24, 2.45) is 5.73 Å². The minimum Gasteiger partial charge on any atom is -0.338 e. The molecule has 2 N–H and O–H groups in total. The molecule has 1 aliphatic heterocycles. The first kappa shape index (κ1) is 10.8. The normalized spacial score (nSPS) is 16.3. The lowest BCUT2D eigenvalue weighted by Gasteiger charge is -2.34. The standard InChI is InChI=1S/C10H15N5O/c11-8-9(16)14-4-6-15(7-5-14)10-12-2-1-3-13-10/h1-3H,4-8,11H2. The van der Waals surface area contributed by atoms with Gasteiger partial charge in [-0.25, -0.2) is 9.97 Å². The molecule has 1 aromatic heterocycles. The first-order chi connectivity index (χ1) is 7.81. The van der Waals surface area contributed by atoms with E-state index < -0.39 is 0 Å². The summed E-state index contributed by atoms with van der Waals surface area (Å²) in [5, 5.41) is 0. The minimum atomic E-state index is 0.00799. The van der Waals surface area contributed by atoms with E-state index in [9.17, 15) is 4.79 Å². The second-order valence-corrected chi connectivity index (χ2v) is 3.62. The third-order valence-corrected chi connectivity index (χ3v) is 2.64. The van der Waals surface area contributed by atoms with E-state index in [1.165, 1.54) is 0 Å². The van der Waals surface area contributed by atoms with Crippen molar-refractivity contribution in [2.75, 3.05) is 37.6 Å². The van der Waals surface area contributed by atoms with Crippen LogP contribution in [0.2, 0.25) is 0 Å². The molecule has 6 heteroatoms. The van der Waals surface area contributed by atoms with E-state index in [4.69, 9.17) is 5.73 Å². The van der Waals surface area contributed by atoms with Crippen LogP contribution in [-0.2, 0) is 4.79 Å². The van der Waals surface area contributed by atoms with E-state index in [1.807, 2.05) is 0 Å². The van der Waals surface area contributed by atoms with Gasteiger partial charge in [0.2, 0.25) is 11.9 Å². The largest absolute Gasteiger partial charge is 0.338 e. The summed E-state index contributed by atoms with van der Waals surface area (Å²) in [7, 11) is 0. The van der Waals surface area contributed by atoms with E-state index in [2.05, 4.69) is 14.9 Å². The highest BCUT2D eigenvalue weighted by atomic mass is 16.2. The van der Waals surface area contributed by atoms with Crippen molar-refractivity contribution in [3.8, 4) is 0 Å². The van der Waals surface area contributed by atoms with E-state index in [0.29, 0.717) is 13.1 Å². The first-order valence-electron chi connectivity index (χ1n) is 5.31. The van der Waals surface area contributed by atoms with Crippen LogP contribution in [0, 0.1) is 0 Å². The molecular formula is C10H15N5O. The molecule has 1 saturated heterocycles. The lowest BCUT2D eigenvalue weighted by Crippen LogP contribution is -2.50. The monoisotopic (exact) mass is 221 g/mol. The summed E-state index contributed by atoms with van der Waals surface area (Å²) in [6.07, 6.45) is 3.44. The Balaban J connectivity index is 1.93. The zero-order valence-corrected chi connectivity index (χ0v) is 9.04. The topological polar surface area (TPSA) is 75.4 Å². The van der Waals surface area contributed by atoms with Gasteiger partial charge >= 0.3 is 0 Å². The molecule has 0 bridgehead atoms. The van der Waals surface area contributed by atoms with Gasteiger partial charge in [-0.2, -0.15) is 0 Å². The van der Waals surface area contributed by atoms with Gasteiger partial charge in [-0.15, -0.1) is 0 Å². The average Bonchev–Trinajstić information content (AvgIpc) is 2.39. The fourth-order valence-electron chi connectivity index (χ4n) is 1.74. The lowest BCUT2D eigenvalue weighted by atomic mass is 10.3. The Hall–Kier alpha value is -1.69. The summed E-state index contributed by atoms with van der Waals surface area (Å²) < 4.78 is 0. The fourth-order valence-corrected chi connectivity index (χ4v) is 1.74. The van der Waals surface area contributed by atoms with Crippen LogP contribution in [0.15, 0.2) is 18.5 Å². The Morgan fingerprint density at radius 3 is 2.44 bits per heavy atom. The number of rotatable bonds is 2. The number of hydrogen-bond acceptors (Lipinski definition) is 5. The van der Waals surface area contributed by atoms with E-state index in [-0.39, 0.29) is 12.5 Å². The second kappa shape index (κ2) is 4.89. The molecule has 0 atom stereocenters. The molecule has 16 heavy (non-hydrogen) atoms. The summed E-state index contributed by atoms with van der Waals surface area (Å²) in [6, 6.07) is 1.79. The van der Waals surface area contributed by atoms with Crippen LogP contribution in [0.25, 0.3) is 0 Å². The van der Waals surface area contributed by atoms with Gasteiger partial charge < -0.3 is 15.5 Å². The van der Waals surface area contributed by atoms with Crippen molar-refractivity contribution in [3.05, 3.63) is 18.5 Å². The Labute approximate surface area is 94.1 Å². The van der Waals surface area contributed by atoms with Crippen LogP contribution in [0.3, 0.4) is 0 Å². The van der Waals surface area contributed by atoms with Gasteiger partial charge in [0.25, 0.3) is 0 Å². The average molecular weight is 221 g/mol. The highest BCUT2D eigenvalue weighted by Crippen LogP contribution is 2.09. The highest BCUT2D eigenvalue weighted by molar-refractivity contribution is 5.78. The number of amides is 1. The fraction of sp³-hybridized carbons (Fsp3) is 0.500. The molecule has 1 aromatic rings. The number of anilines is 1. The van der Waals surface area contributed by atoms with Crippen LogP contribution in [0.5, 0.6) is 0 Å². The van der Waals surface area contributed by atoms with Crippen LogP contribution in [0.4, 0.5) is 5.95 Å². The van der Waals surface area contributed by atoms with Crippen molar-refractivity contribution in [1.29, 1.82) is 0 Å². The van der Waals surface area contributed by atoms with Crippen molar-refractivity contribution >= 4 is 11.9 Å². The third kappa shape index (κ3) is 2.27. The second-order valence-electron chi connectivity index (χ2n) is 3.62. The molecule has 0 aliphatic carbocycles. The van der Waals surface area contributed by atoms with Crippen molar-refractivity contribution in [2.45, 2.75) is 0 Å². The van der Waals surface area contributed by atoms with Gasteiger partial charge in [0, 0.05) is 38.6 Å². The van der Waals surface area contributed by atoms with Gasteiger partial charge in [-0.05, 0) is 6.07 Å². The molecule has 2 heterocycles. The summed E-state index contributed by atoms with van der Waals surface area (Å²) in [6.45, 7) is 2.98. The maximum absolute atomic E-state index is 11.4. The molecule has 86 valence electrons. The van der Waals surface area contributed by atoms with Gasteiger partial charge in [0.05, 0.1) is 6.54 Å². The number of aromatic nitrogens is 2. The van der Waals surface area contributed by atoms with Crippen LogP contribution >= 0.6 is 0 Å². The molecule has 0 radical (unpaired) electrons. The maximum atomic E-state index is 11.4. The van der Waals surface area contributed by atoms with Crippen LogP contribution < -0.4 is 10.6 Å². The van der Waals surface area contributed by atoms with E-state index >= 15 is 0 Å². The van der Waals surface area contributed by atoms with Crippen molar-refractivity contribution < 1.29 is 4.79 Å². The minimum absolute atomic E-state index is 0.00799. The lowest BCUT2D eigenvalue weighted by molar-refractivity contribution is -0.129. The predicted octanol–water partition coefficient (Wildman–Crippen LogP) is -0.916. The Morgan fingerprint density at radius 1 is 1.25 bits per heavy atom. The zero-order valence-electron chi connectivity index (χ0n) is 9.04. The molecule has 0 unspecified atom stereocenters. The highest BCUT2D eigenvalue weighted by Gasteiger charge is 2.21. The number of nitrogens with two attached hydrogens (primary N) is 1. The van der Waals surface area contributed by atoms with Gasteiger partial charge in [-0.1, -0.05) is 0 Å². The number of hydrogen-bond donors (Lipinski definition) is 1. The number of nitrogens with zero attached hydrogens (tertiary/aromatic N) is 4. The summed E-state index contributed by atoms with van der Waals surface area (Å²) in [4.78, 5) is 23.6. The summed E-state index contributed by atoms with van der Waals surface area (Å²) >= 11 is 0. The molecule has 1 aliphatic rings. The van der Waals surface area contributed by atoms with E-state index in [1.54, 1.807) is 23.4 Å². The van der Waals surface area contributed by atoms with Crippen LogP contribution in [-0.4, -0.2) is 53.5 Å².